The summed E-state index contributed by atoms with van der Waals surface area (Å²) < 4.78 is 1.47. The minimum absolute atomic E-state index is 0.0633. The lowest BCUT2D eigenvalue weighted by molar-refractivity contribution is 0.0606. The molecule has 1 amide bonds. The molecule has 0 bridgehead atoms. The van der Waals surface area contributed by atoms with Crippen molar-refractivity contribution in [3.8, 4) is 0 Å². The zero-order valence-electron chi connectivity index (χ0n) is 16.5. The fourth-order valence-electron chi connectivity index (χ4n) is 4.03. The predicted molar refractivity (Wildman–Crippen MR) is 109 cm³/mol. The molecule has 146 valence electrons. The number of fused-ring (bicyclic) bond motifs is 1. The molecule has 3 heterocycles. The smallest absolute Gasteiger partial charge is 0.275 e. The number of aromatic amines is 1. The molecule has 1 saturated heterocycles. The van der Waals surface area contributed by atoms with Gasteiger partial charge < -0.3 is 10.6 Å². The van der Waals surface area contributed by atoms with Gasteiger partial charge in [0.2, 0.25) is 0 Å². The van der Waals surface area contributed by atoms with Gasteiger partial charge in [-0.2, -0.15) is 0 Å². The number of aromatic nitrogens is 3. The van der Waals surface area contributed by atoms with Crippen LogP contribution in [0.25, 0.3) is 5.65 Å². The fourth-order valence-corrected chi connectivity index (χ4v) is 4.03. The molecule has 3 N–H and O–H groups in total. The van der Waals surface area contributed by atoms with Crippen molar-refractivity contribution in [2.45, 2.75) is 46.1 Å². The van der Waals surface area contributed by atoms with Crippen LogP contribution in [0.4, 0.5) is 5.69 Å². The minimum Gasteiger partial charge on any atom is -0.398 e. The van der Waals surface area contributed by atoms with Crippen molar-refractivity contribution in [3.05, 3.63) is 62.7 Å². The molecule has 0 spiro atoms. The number of piperidine rings is 1. The van der Waals surface area contributed by atoms with Crippen LogP contribution in [0.2, 0.25) is 0 Å². The molecular formula is C21H25N5O2. The summed E-state index contributed by atoms with van der Waals surface area (Å²) >= 11 is 0. The molecule has 1 unspecified atom stereocenters. The lowest BCUT2D eigenvalue weighted by Crippen LogP contribution is -2.39. The van der Waals surface area contributed by atoms with E-state index in [1.54, 1.807) is 13.0 Å². The highest BCUT2D eigenvalue weighted by Gasteiger charge is 2.31. The van der Waals surface area contributed by atoms with Crippen molar-refractivity contribution in [2.24, 2.45) is 0 Å². The van der Waals surface area contributed by atoms with Crippen molar-refractivity contribution < 1.29 is 4.79 Å². The molecule has 3 aromatic rings. The van der Waals surface area contributed by atoms with E-state index in [9.17, 15) is 9.59 Å². The Hall–Kier alpha value is -3.09. The van der Waals surface area contributed by atoms with Crippen molar-refractivity contribution in [3.63, 3.8) is 0 Å². The Labute approximate surface area is 163 Å². The number of nitrogen functional groups attached to an aromatic ring is 1. The summed E-state index contributed by atoms with van der Waals surface area (Å²) in [7, 11) is 0. The quantitative estimate of drug-likeness (QED) is 0.669. The topological polar surface area (TPSA) is 96.5 Å². The molecule has 0 radical (unpaired) electrons. The first-order valence-corrected chi connectivity index (χ1v) is 9.63. The number of aryl methyl sites for hydroxylation is 2. The van der Waals surface area contributed by atoms with E-state index in [0.717, 1.165) is 36.2 Å². The molecule has 4 rings (SSSR count). The number of likely N-dealkylation sites (tertiary alicyclic amines) is 1. The molecule has 1 aliphatic heterocycles. The summed E-state index contributed by atoms with van der Waals surface area (Å²) in [5.41, 5.74) is 10.7. The number of nitrogens with zero attached hydrogens (tertiary/aromatic N) is 3. The molecule has 1 aliphatic rings. The van der Waals surface area contributed by atoms with Crippen LogP contribution in [0.5, 0.6) is 0 Å². The molecular weight excluding hydrogens is 354 g/mol. The second kappa shape index (κ2) is 6.82. The number of benzene rings is 1. The van der Waals surface area contributed by atoms with Crippen LogP contribution < -0.4 is 11.3 Å². The maximum atomic E-state index is 13.4. The number of H-pyrrole nitrogens is 1. The highest BCUT2D eigenvalue weighted by molar-refractivity contribution is 6.00. The van der Waals surface area contributed by atoms with Gasteiger partial charge in [0, 0.05) is 29.6 Å². The first-order valence-electron chi connectivity index (χ1n) is 9.63. The Morgan fingerprint density at radius 1 is 1.25 bits per heavy atom. The van der Waals surface area contributed by atoms with E-state index in [-0.39, 0.29) is 17.5 Å². The van der Waals surface area contributed by atoms with Crippen molar-refractivity contribution in [2.75, 3.05) is 12.3 Å². The summed E-state index contributed by atoms with van der Waals surface area (Å²) in [6, 6.07) is 7.26. The van der Waals surface area contributed by atoms with Crippen molar-refractivity contribution in [1.82, 2.24) is 19.5 Å². The first-order chi connectivity index (χ1) is 13.4. The van der Waals surface area contributed by atoms with E-state index in [4.69, 9.17) is 5.73 Å². The Morgan fingerprint density at radius 2 is 2.04 bits per heavy atom. The van der Waals surface area contributed by atoms with Gasteiger partial charge >= 0.3 is 0 Å². The van der Waals surface area contributed by atoms with Crippen LogP contribution in [-0.2, 0) is 0 Å². The second-order valence-corrected chi connectivity index (χ2v) is 7.58. The average molecular weight is 379 g/mol. The Kier molecular flexibility index (Phi) is 4.45. The maximum absolute atomic E-state index is 13.4. The molecule has 7 heteroatoms. The van der Waals surface area contributed by atoms with Crippen LogP contribution in [0.1, 0.15) is 58.2 Å². The number of hydrogen-bond donors (Lipinski definition) is 2. The van der Waals surface area contributed by atoms with E-state index in [1.165, 1.54) is 4.52 Å². The predicted octanol–water partition coefficient (Wildman–Crippen LogP) is 2.90. The van der Waals surface area contributed by atoms with Gasteiger partial charge in [-0.05, 0) is 51.7 Å². The van der Waals surface area contributed by atoms with Crippen LogP contribution in [0.3, 0.4) is 0 Å². The van der Waals surface area contributed by atoms with Gasteiger partial charge in [-0.1, -0.05) is 12.1 Å². The summed E-state index contributed by atoms with van der Waals surface area (Å²) in [4.78, 5) is 32.3. The van der Waals surface area contributed by atoms with E-state index in [2.05, 4.69) is 10.1 Å². The number of nitrogens with one attached hydrogen (secondary N) is 1. The van der Waals surface area contributed by atoms with E-state index >= 15 is 0 Å². The molecule has 7 nitrogen and oxygen atoms in total. The summed E-state index contributed by atoms with van der Waals surface area (Å²) in [6.45, 7) is 6.17. The van der Waals surface area contributed by atoms with E-state index in [0.29, 0.717) is 29.0 Å². The number of rotatable bonds is 2. The van der Waals surface area contributed by atoms with Crippen LogP contribution in [0, 0.1) is 20.8 Å². The largest absolute Gasteiger partial charge is 0.398 e. The number of anilines is 1. The lowest BCUT2D eigenvalue weighted by Gasteiger charge is -2.35. The SMILES string of the molecule is Cc1cccc(N)c1C(=O)N1CCCCC1c1cc2nc(C)c(C)c(=O)n2[nH]1. The Balaban J connectivity index is 1.78. The average Bonchev–Trinajstić information content (AvgIpc) is 3.10. The third kappa shape index (κ3) is 2.87. The van der Waals surface area contributed by atoms with Crippen LogP contribution >= 0.6 is 0 Å². The summed E-state index contributed by atoms with van der Waals surface area (Å²) in [5, 5.41) is 3.18. The molecule has 2 aromatic heterocycles. The van der Waals surface area contributed by atoms with E-state index < -0.39 is 0 Å². The van der Waals surface area contributed by atoms with Crippen molar-refractivity contribution in [1.29, 1.82) is 0 Å². The number of carbonyl (C=O) groups excluding carboxylic acids is 1. The molecule has 1 atom stereocenters. The standard InChI is InChI=1S/C21H25N5O2/c1-12-7-6-8-15(22)19(12)21(28)25-10-5-4-9-17(25)16-11-18-23-14(3)13(2)20(27)26(18)24-16/h6-8,11,17,24H,4-5,9-10,22H2,1-3H3. The van der Waals surface area contributed by atoms with Gasteiger partial charge in [0.1, 0.15) is 0 Å². The third-order valence-corrected chi connectivity index (χ3v) is 5.74. The van der Waals surface area contributed by atoms with Gasteiger partial charge in [-0.3, -0.25) is 14.7 Å². The number of carbonyl (C=O) groups is 1. The Bertz CT molecular complexity index is 1110. The number of nitrogens with two attached hydrogens (primary N) is 1. The molecule has 0 aliphatic carbocycles. The zero-order chi connectivity index (χ0) is 20.0. The normalized spacial score (nSPS) is 17.2. The second-order valence-electron chi connectivity index (χ2n) is 7.58. The van der Waals surface area contributed by atoms with Crippen LogP contribution in [0.15, 0.2) is 29.1 Å². The van der Waals surface area contributed by atoms with Gasteiger partial charge in [-0.15, -0.1) is 0 Å². The maximum Gasteiger partial charge on any atom is 0.275 e. The summed E-state index contributed by atoms with van der Waals surface area (Å²) in [6.07, 6.45) is 2.80. The van der Waals surface area contributed by atoms with Crippen molar-refractivity contribution >= 4 is 17.2 Å². The fraction of sp³-hybridized carbons (Fsp3) is 0.381. The molecule has 1 aromatic carbocycles. The minimum atomic E-state index is -0.137. The molecule has 1 fully saturated rings. The highest BCUT2D eigenvalue weighted by Crippen LogP contribution is 2.33. The molecule has 0 saturated carbocycles. The molecule has 28 heavy (non-hydrogen) atoms. The van der Waals surface area contributed by atoms with Gasteiger partial charge in [0.15, 0.2) is 5.65 Å². The number of amides is 1. The Morgan fingerprint density at radius 3 is 2.79 bits per heavy atom. The van der Waals surface area contributed by atoms with E-state index in [1.807, 2.05) is 36.9 Å². The van der Waals surface area contributed by atoms with Crippen LogP contribution in [-0.4, -0.2) is 31.9 Å². The lowest BCUT2D eigenvalue weighted by atomic mass is 9.96. The number of hydrogen-bond acceptors (Lipinski definition) is 4. The van der Waals surface area contributed by atoms with Gasteiger partial charge in [-0.25, -0.2) is 9.50 Å². The first kappa shape index (κ1) is 18.3. The third-order valence-electron chi connectivity index (χ3n) is 5.74. The van der Waals surface area contributed by atoms with Gasteiger partial charge in [0.05, 0.1) is 17.3 Å². The highest BCUT2D eigenvalue weighted by atomic mass is 16.2. The van der Waals surface area contributed by atoms with Gasteiger partial charge in [0.25, 0.3) is 11.5 Å². The monoisotopic (exact) mass is 379 g/mol. The zero-order valence-corrected chi connectivity index (χ0v) is 16.5. The summed E-state index contributed by atoms with van der Waals surface area (Å²) in [5.74, 6) is -0.0633.